The van der Waals surface area contributed by atoms with Gasteiger partial charge in [-0.25, -0.2) is 0 Å². The van der Waals surface area contributed by atoms with Crippen molar-refractivity contribution in [1.82, 2.24) is 0 Å². The Kier molecular flexibility index (Phi) is 8.70. The van der Waals surface area contributed by atoms with Crippen LogP contribution in [0, 0.1) is 5.92 Å². The first-order valence-electron chi connectivity index (χ1n) is 12.0. The van der Waals surface area contributed by atoms with Crippen LogP contribution in [0.5, 0.6) is 5.75 Å². The number of hydrogen-bond acceptors (Lipinski definition) is 1. The van der Waals surface area contributed by atoms with Gasteiger partial charge >= 0.3 is 0 Å². The number of ether oxygens (including phenoxy) is 1. The molecule has 1 saturated carbocycles. The third-order valence-corrected chi connectivity index (χ3v) is 6.64. The molecule has 0 atom stereocenters. The van der Waals surface area contributed by atoms with Crippen molar-refractivity contribution in [3.63, 3.8) is 0 Å². The van der Waals surface area contributed by atoms with Crippen molar-refractivity contribution in [1.29, 1.82) is 0 Å². The van der Waals surface area contributed by atoms with E-state index < -0.39 is 0 Å². The molecule has 28 heavy (non-hydrogen) atoms. The molecule has 0 heterocycles. The highest BCUT2D eigenvalue weighted by atomic mass is 16.5. The van der Waals surface area contributed by atoms with Gasteiger partial charge in [-0.15, -0.1) is 0 Å². The Morgan fingerprint density at radius 3 is 2.25 bits per heavy atom. The molecule has 1 heteroatoms. The van der Waals surface area contributed by atoms with E-state index in [9.17, 15) is 0 Å². The third-order valence-electron chi connectivity index (χ3n) is 6.64. The normalized spacial score (nSPS) is 19.8. The van der Waals surface area contributed by atoms with E-state index in [-0.39, 0.29) is 0 Å². The fourth-order valence-electron chi connectivity index (χ4n) is 4.77. The predicted octanol–water partition coefficient (Wildman–Crippen LogP) is 8.65. The van der Waals surface area contributed by atoms with Crippen molar-refractivity contribution in [3.8, 4) is 5.75 Å². The Morgan fingerprint density at radius 2 is 1.46 bits per heavy atom. The van der Waals surface area contributed by atoms with Gasteiger partial charge in [0.1, 0.15) is 5.75 Å². The van der Waals surface area contributed by atoms with Crippen LogP contribution in [0.25, 0.3) is 10.8 Å². The van der Waals surface area contributed by atoms with E-state index in [1.54, 1.807) is 5.56 Å². The maximum absolute atomic E-state index is 5.92. The van der Waals surface area contributed by atoms with E-state index in [4.69, 9.17) is 4.74 Å². The van der Waals surface area contributed by atoms with E-state index in [0.717, 1.165) is 30.6 Å². The summed E-state index contributed by atoms with van der Waals surface area (Å²) >= 11 is 0. The van der Waals surface area contributed by atoms with Gasteiger partial charge in [0.2, 0.25) is 0 Å². The lowest BCUT2D eigenvalue weighted by molar-refractivity contribution is 0.302. The van der Waals surface area contributed by atoms with Crippen molar-refractivity contribution in [2.24, 2.45) is 5.92 Å². The largest absolute Gasteiger partial charge is 0.494 e. The second-order valence-electron chi connectivity index (χ2n) is 8.89. The van der Waals surface area contributed by atoms with Gasteiger partial charge in [-0.1, -0.05) is 83.1 Å². The Hall–Kier alpha value is -1.50. The Bertz CT molecular complexity index is 696. The van der Waals surface area contributed by atoms with Crippen LogP contribution >= 0.6 is 0 Å². The number of hydrogen-bond donors (Lipinski definition) is 0. The van der Waals surface area contributed by atoms with E-state index >= 15 is 0 Å². The minimum atomic E-state index is 0.765. The molecule has 0 saturated heterocycles. The van der Waals surface area contributed by atoms with E-state index in [1.165, 1.54) is 81.4 Å². The first-order valence-corrected chi connectivity index (χ1v) is 12.0. The summed E-state index contributed by atoms with van der Waals surface area (Å²) in [6, 6.07) is 13.7. The quantitative estimate of drug-likeness (QED) is 0.354. The van der Waals surface area contributed by atoms with E-state index in [2.05, 4.69) is 50.2 Å². The highest BCUT2D eigenvalue weighted by Crippen LogP contribution is 2.38. The number of unbranched alkanes of at least 4 members (excludes halogenated alkanes) is 5. The van der Waals surface area contributed by atoms with Crippen LogP contribution in [-0.4, -0.2) is 6.61 Å². The maximum atomic E-state index is 5.92. The van der Waals surface area contributed by atoms with Crippen molar-refractivity contribution < 1.29 is 4.74 Å². The molecular weight excluding hydrogens is 340 g/mol. The monoisotopic (exact) mass is 380 g/mol. The summed E-state index contributed by atoms with van der Waals surface area (Å²) in [5.41, 5.74) is 1.55. The van der Waals surface area contributed by atoms with Crippen LogP contribution in [0.2, 0.25) is 0 Å². The highest BCUT2D eigenvalue weighted by Gasteiger charge is 2.22. The van der Waals surface area contributed by atoms with Gasteiger partial charge in [0.25, 0.3) is 0 Å². The van der Waals surface area contributed by atoms with Gasteiger partial charge in [0.05, 0.1) is 6.61 Å². The van der Waals surface area contributed by atoms with Gasteiger partial charge < -0.3 is 4.74 Å². The zero-order chi connectivity index (χ0) is 19.6. The van der Waals surface area contributed by atoms with Crippen LogP contribution in [0.4, 0.5) is 0 Å². The molecule has 0 radical (unpaired) electrons. The van der Waals surface area contributed by atoms with Crippen molar-refractivity contribution in [2.75, 3.05) is 6.61 Å². The Balaban J connectivity index is 1.52. The van der Waals surface area contributed by atoms with E-state index in [1.807, 2.05) is 0 Å². The predicted molar refractivity (Wildman–Crippen MR) is 122 cm³/mol. The zero-order valence-electron chi connectivity index (χ0n) is 18.2. The molecule has 1 fully saturated rings. The Labute approximate surface area is 172 Å². The molecule has 154 valence electrons. The lowest BCUT2D eigenvalue weighted by atomic mass is 9.77. The molecule has 0 bridgehead atoms. The van der Waals surface area contributed by atoms with Crippen LogP contribution in [0.15, 0.2) is 36.4 Å². The van der Waals surface area contributed by atoms with Crippen LogP contribution < -0.4 is 4.74 Å². The highest BCUT2D eigenvalue weighted by molar-refractivity contribution is 5.84. The topological polar surface area (TPSA) is 9.23 Å². The molecule has 3 rings (SSSR count). The molecule has 1 nitrogen and oxygen atoms in total. The van der Waals surface area contributed by atoms with Crippen LogP contribution in [-0.2, 0) is 0 Å². The average molecular weight is 381 g/mol. The summed E-state index contributed by atoms with van der Waals surface area (Å²) in [6.07, 6.45) is 16.4. The molecule has 0 aliphatic heterocycles. The Morgan fingerprint density at radius 1 is 0.750 bits per heavy atom. The summed E-state index contributed by atoms with van der Waals surface area (Å²) < 4.78 is 5.92. The second-order valence-corrected chi connectivity index (χ2v) is 8.89. The molecule has 1 aliphatic rings. The molecule has 2 aromatic carbocycles. The lowest BCUT2D eigenvalue weighted by Gasteiger charge is -2.29. The number of benzene rings is 2. The van der Waals surface area contributed by atoms with Gasteiger partial charge in [0.15, 0.2) is 0 Å². The molecular formula is C27H40O. The number of rotatable bonds is 11. The van der Waals surface area contributed by atoms with Gasteiger partial charge in [-0.2, -0.15) is 0 Å². The van der Waals surface area contributed by atoms with Crippen molar-refractivity contribution in [3.05, 3.63) is 42.0 Å². The molecule has 0 amide bonds. The fourth-order valence-corrected chi connectivity index (χ4v) is 4.77. The fraction of sp³-hybridized carbons (Fsp3) is 0.630. The van der Waals surface area contributed by atoms with Gasteiger partial charge in [-0.05, 0) is 72.4 Å². The molecule has 0 unspecified atom stereocenters. The summed E-state index contributed by atoms with van der Waals surface area (Å²) in [5, 5.41) is 2.67. The number of fused-ring (bicyclic) bond motifs is 1. The molecule has 1 aliphatic carbocycles. The SMILES string of the molecule is CCCCCCC1CCC(c2ccc3cc(OCCCCC)ccc3c2)CC1. The van der Waals surface area contributed by atoms with Crippen LogP contribution in [0.3, 0.4) is 0 Å². The van der Waals surface area contributed by atoms with Gasteiger partial charge in [0, 0.05) is 0 Å². The van der Waals surface area contributed by atoms with E-state index in [0.29, 0.717) is 0 Å². The minimum absolute atomic E-state index is 0.765. The van der Waals surface area contributed by atoms with Crippen molar-refractivity contribution >= 4 is 10.8 Å². The third kappa shape index (κ3) is 6.26. The molecule has 0 spiro atoms. The molecule has 0 aromatic heterocycles. The molecule has 0 N–H and O–H groups in total. The maximum Gasteiger partial charge on any atom is 0.119 e. The van der Waals surface area contributed by atoms with Crippen molar-refractivity contribution in [2.45, 2.75) is 96.8 Å². The first kappa shape index (κ1) is 21.2. The summed E-state index contributed by atoms with van der Waals surface area (Å²) in [5.74, 6) is 2.77. The first-order chi connectivity index (χ1) is 13.8. The standard InChI is InChI=1S/C27H40O/c1-3-5-7-8-10-22-11-13-23(14-12-22)24-15-16-26-21-27(18-17-25(26)20-24)28-19-9-6-4-2/h15-18,20-23H,3-14,19H2,1-2H3. The summed E-state index contributed by atoms with van der Waals surface area (Å²) in [4.78, 5) is 0. The zero-order valence-corrected chi connectivity index (χ0v) is 18.2. The van der Waals surface area contributed by atoms with Crippen LogP contribution in [0.1, 0.15) is 102 Å². The average Bonchev–Trinajstić information content (AvgIpc) is 2.74. The minimum Gasteiger partial charge on any atom is -0.494 e. The summed E-state index contributed by atoms with van der Waals surface area (Å²) in [7, 11) is 0. The van der Waals surface area contributed by atoms with Gasteiger partial charge in [-0.3, -0.25) is 0 Å². The lowest BCUT2D eigenvalue weighted by Crippen LogP contribution is -2.13. The second kappa shape index (κ2) is 11.5. The summed E-state index contributed by atoms with van der Waals surface area (Å²) in [6.45, 7) is 5.36. The molecule has 2 aromatic rings. The smallest absolute Gasteiger partial charge is 0.119 e.